The quantitative estimate of drug-likeness (QED) is 0.381. The maximum absolute atomic E-state index is 11.7. The van der Waals surface area contributed by atoms with Gasteiger partial charge in [0, 0.05) is 74.0 Å². The van der Waals surface area contributed by atoms with E-state index in [-0.39, 0.29) is 11.7 Å². The van der Waals surface area contributed by atoms with Crippen LogP contribution in [0.1, 0.15) is 18.9 Å². The molecule has 1 aromatic rings. The number of hydrogen-bond acceptors (Lipinski definition) is 5. The monoisotopic (exact) mass is 388 g/mol. The molecule has 0 saturated carbocycles. The van der Waals surface area contributed by atoms with Gasteiger partial charge in [0.1, 0.15) is 5.84 Å². The lowest BCUT2D eigenvalue weighted by atomic mass is 10.0. The summed E-state index contributed by atoms with van der Waals surface area (Å²) in [7, 11) is 3.58. The van der Waals surface area contributed by atoms with E-state index in [9.17, 15) is 4.79 Å². The predicted octanol–water partition coefficient (Wildman–Crippen LogP) is 2.66. The average Bonchev–Trinajstić information content (AvgIpc) is 2.64. The molecule has 0 spiro atoms. The Morgan fingerprint density at radius 2 is 2.04 bits per heavy atom. The lowest BCUT2D eigenvalue weighted by Gasteiger charge is -2.30. The third-order valence-electron chi connectivity index (χ3n) is 4.35. The van der Waals surface area contributed by atoms with Crippen LogP contribution in [-0.4, -0.2) is 50.0 Å². The van der Waals surface area contributed by atoms with Gasteiger partial charge < -0.3 is 26.3 Å². The second-order valence-electron chi connectivity index (χ2n) is 6.16. The Balaban J connectivity index is 2.30. The van der Waals surface area contributed by atoms with Gasteiger partial charge in [0.25, 0.3) is 0 Å². The highest BCUT2D eigenvalue weighted by Gasteiger charge is 2.23. The normalized spacial score (nSPS) is 14.7. The molecule has 0 aliphatic carbocycles. The highest BCUT2D eigenvalue weighted by molar-refractivity contribution is 6.31. The zero-order valence-electron chi connectivity index (χ0n) is 15.7. The molecule has 0 fully saturated rings. The number of nitrogens with one attached hydrogen (secondary N) is 5. The first-order chi connectivity index (χ1) is 12.9. The number of hydrogen-bond donors (Lipinski definition) is 5. The third-order valence-corrected chi connectivity index (χ3v) is 4.57. The zero-order valence-corrected chi connectivity index (χ0v) is 16.5. The highest BCUT2D eigenvalue weighted by atomic mass is 35.5. The second-order valence-corrected chi connectivity index (χ2v) is 6.60. The van der Waals surface area contributed by atoms with Gasteiger partial charge in [0.05, 0.1) is 6.54 Å². The number of benzene rings is 1. The largest absolute Gasteiger partial charge is 0.393 e. The molecule has 0 radical (unpaired) electrons. The minimum absolute atomic E-state index is 0.00618. The van der Waals surface area contributed by atoms with Crippen molar-refractivity contribution in [3.8, 4) is 0 Å². The molecular weight excluding hydrogens is 364 g/mol. The van der Waals surface area contributed by atoms with E-state index >= 15 is 0 Å². The van der Waals surface area contributed by atoms with Gasteiger partial charge >= 0.3 is 0 Å². The molecule has 1 aliphatic heterocycles. The molecule has 0 bridgehead atoms. The Hall–Kier alpha value is -2.80. The zero-order chi connectivity index (χ0) is 20.0. The number of anilines is 1. The molecule has 144 valence electrons. The van der Waals surface area contributed by atoms with Gasteiger partial charge in [0.15, 0.2) is 0 Å². The van der Waals surface area contributed by atoms with Crippen molar-refractivity contribution in [3.63, 3.8) is 0 Å². The van der Waals surface area contributed by atoms with E-state index < -0.39 is 0 Å². The summed E-state index contributed by atoms with van der Waals surface area (Å²) in [6.45, 7) is 2.56. The molecule has 1 aromatic carbocycles. The Bertz CT molecular complexity index is 814. The van der Waals surface area contributed by atoms with E-state index in [1.54, 1.807) is 30.3 Å². The summed E-state index contributed by atoms with van der Waals surface area (Å²) in [6, 6.07) is 5.33. The Morgan fingerprint density at radius 3 is 2.63 bits per heavy atom. The fourth-order valence-corrected chi connectivity index (χ4v) is 3.18. The fraction of sp³-hybridized carbons (Fsp3) is 0.316. The van der Waals surface area contributed by atoms with Gasteiger partial charge in [-0.25, -0.2) is 0 Å². The van der Waals surface area contributed by atoms with Crippen molar-refractivity contribution in [3.05, 3.63) is 46.3 Å². The number of nitrogens with zero attached hydrogens (tertiary/aromatic N) is 1. The molecule has 0 unspecified atom stereocenters. The highest BCUT2D eigenvalue weighted by Crippen LogP contribution is 2.25. The summed E-state index contributed by atoms with van der Waals surface area (Å²) in [5.74, 6) is 0.209. The molecule has 0 aromatic heterocycles. The van der Waals surface area contributed by atoms with E-state index in [0.717, 1.165) is 16.8 Å². The Labute approximate surface area is 164 Å². The van der Waals surface area contributed by atoms with E-state index in [1.807, 2.05) is 13.1 Å². The summed E-state index contributed by atoms with van der Waals surface area (Å²) in [4.78, 5) is 13.4. The maximum atomic E-state index is 11.7. The Kier molecular flexibility index (Phi) is 7.01. The van der Waals surface area contributed by atoms with Crippen LogP contribution in [0.5, 0.6) is 0 Å². The van der Waals surface area contributed by atoms with Gasteiger partial charge in [-0.2, -0.15) is 0 Å². The summed E-state index contributed by atoms with van der Waals surface area (Å²) in [5.41, 5.74) is 3.78. The van der Waals surface area contributed by atoms with Crippen LogP contribution in [0.15, 0.2) is 35.7 Å². The standard InChI is InChI=1S/C19H25ClN6O/c1-12(27)26-5-4-18(24-3)17(11-26)19(22)25-16-7-13(6-15(20)8-16)14(9-21)10-23-2/h6-10,21,23-24H,4-5,11H2,1-3H3,(H2,22,25)/b14-10+,21-9?. The van der Waals surface area contributed by atoms with Crippen LogP contribution in [0.2, 0.25) is 5.02 Å². The minimum atomic E-state index is -0.00618. The minimum Gasteiger partial charge on any atom is -0.393 e. The molecule has 8 heteroatoms. The maximum Gasteiger partial charge on any atom is 0.219 e. The molecule has 27 heavy (non-hydrogen) atoms. The summed E-state index contributed by atoms with van der Waals surface area (Å²) in [6.07, 6.45) is 3.63. The molecular formula is C19H25ClN6O. The number of carbonyl (C=O) groups excluding carboxylic acids is 1. The van der Waals surface area contributed by atoms with E-state index in [4.69, 9.17) is 22.4 Å². The lowest BCUT2D eigenvalue weighted by Crippen LogP contribution is -2.40. The molecule has 0 saturated heterocycles. The van der Waals surface area contributed by atoms with Crippen LogP contribution >= 0.6 is 11.6 Å². The summed E-state index contributed by atoms with van der Waals surface area (Å²) < 4.78 is 0. The molecule has 0 atom stereocenters. The molecule has 1 aliphatic rings. The van der Waals surface area contributed by atoms with Gasteiger partial charge in [-0.15, -0.1) is 0 Å². The van der Waals surface area contributed by atoms with Crippen LogP contribution in [0.3, 0.4) is 0 Å². The van der Waals surface area contributed by atoms with Gasteiger partial charge in [-0.3, -0.25) is 10.2 Å². The van der Waals surface area contributed by atoms with Crippen LogP contribution in [-0.2, 0) is 4.79 Å². The number of allylic oxidation sites excluding steroid dienone is 1. The first-order valence-corrected chi connectivity index (χ1v) is 8.97. The second kappa shape index (κ2) is 9.23. The first kappa shape index (κ1) is 20.5. The van der Waals surface area contributed by atoms with Crippen LogP contribution in [0, 0.1) is 10.8 Å². The number of amides is 1. The molecule has 1 heterocycles. The summed E-state index contributed by atoms with van der Waals surface area (Å²) in [5, 5.41) is 25.7. The Morgan fingerprint density at radius 1 is 1.30 bits per heavy atom. The van der Waals surface area contributed by atoms with Crippen molar-refractivity contribution in [2.24, 2.45) is 0 Å². The van der Waals surface area contributed by atoms with E-state index in [1.165, 1.54) is 13.1 Å². The van der Waals surface area contributed by atoms with E-state index in [2.05, 4.69) is 16.0 Å². The number of carbonyl (C=O) groups is 1. The number of amidine groups is 1. The SMILES string of the molecule is CN/C=C(\C=N)c1cc(Cl)cc(NC(=N)C2=C(NC)CCN(C(C)=O)C2)c1. The number of halogens is 1. The lowest BCUT2D eigenvalue weighted by molar-refractivity contribution is -0.128. The summed E-state index contributed by atoms with van der Waals surface area (Å²) >= 11 is 6.23. The predicted molar refractivity (Wildman–Crippen MR) is 112 cm³/mol. The molecule has 1 amide bonds. The van der Waals surface area contributed by atoms with Crippen molar-refractivity contribution in [2.75, 3.05) is 32.5 Å². The number of rotatable bonds is 6. The van der Waals surface area contributed by atoms with Crippen molar-refractivity contribution >= 4 is 40.8 Å². The van der Waals surface area contributed by atoms with Crippen molar-refractivity contribution in [1.82, 2.24) is 15.5 Å². The van der Waals surface area contributed by atoms with Crippen LogP contribution in [0.4, 0.5) is 5.69 Å². The third kappa shape index (κ3) is 5.10. The van der Waals surface area contributed by atoms with Crippen LogP contribution in [0.25, 0.3) is 5.57 Å². The van der Waals surface area contributed by atoms with Gasteiger partial charge in [-0.05, 0) is 23.8 Å². The topological polar surface area (TPSA) is 104 Å². The van der Waals surface area contributed by atoms with Crippen molar-refractivity contribution < 1.29 is 4.79 Å². The van der Waals surface area contributed by atoms with Gasteiger partial charge in [0.2, 0.25) is 5.91 Å². The first-order valence-electron chi connectivity index (χ1n) is 8.59. The average molecular weight is 389 g/mol. The van der Waals surface area contributed by atoms with Crippen LogP contribution < -0.4 is 16.0 Å². The molecule has 5 N–H and O–H groups in total. The van der Waals surface area contributed by atoms with Crippen molar-refractivity contribution in [2.45, 2.75) is 13.3 Å². The fourth-order valence-electron chi connectivity index (χ4n) is 2.95. The van der Waals surface area contributed by atoms with Gasteiger partial charge in [-0.1, -0.05) is 11.6 Å². The smallest absolute Gasteiger partial charge is 0.219 e. The molecule has 2 rings (SSSR count). The molecule has 7 nitrogen and oxygen atoms in total. The van der Waals surface area contributed by atoms with Crippen molar-refractivity contribution in [1.29, 1.82) is 10.8 Å². The van der Waals surface area contributed by atoms with E-state index in [0.29, 0.717) is 35.8 Å².